The van der Waals surface area contributed by atoms with Crippen LogP contribution in [-0.4, -0.2) is 163 Å². The van der Waals surface area contributed by atoms with E-state index < -0.39 is 24.0 Å². The van der Waals surface area contributed by atoms with Crippen molar-refractivity contribution in [3.8, 4) is 0 Å². The first-order valence-electron chi connectivity index (χ1n) is 26.4. The predicted molar refractivity (Wildman–Crippen MR) is 255 cm³/mol. The maximum Gasteiger partial charge on any atom is 0.329 e. The number of urea groups is 1. The predicted octanol–water partition coefficient (Wildman–Crippen LogP) is 4.72. The quantitative estimate of drug-likeness (QED) is 0.359. The second-order valence-corrected chi connectivity index (χ2v) is 23.4. The average molecular weight is 969 g/mol. The molecule has 0 aromatic carbocycles. The van der Waals surface area contributed by atoms with Crippen molar-refractivity contribution < 1.29 is 28.4 Å². The number of carbonyl (C=O) groups excluding carboxylic acids is 5. The molecule has 8 fully saturated rings. The van der Waals surface area contributed by atoms with Gasteiger partial charge in [0.15, 0.2) is 11.2 Å². The minimum atomic E-state index is -1.08. The van der Waals surface area contributed by atoms with Gasteiger partial charge in [-0.15, -0.1) is 11.3 Å². The maximum absolute atomic E-state index is 16.3. The van der Waals surface area contributed by atoms with Crippen LogP contribution < -0.4 is 10.6 Å². The highest BCUT2D eigenvalue weighted by Gasteiger charge is 2.56. The zero-order valence-electron chi connectivity index (χ0n) is 40.1. The van der Waals surface area contributed by atoms with Crippen molar-refractivity contribution in [3.63, 3.8) is 0 Å². The van der Waals surface area contributed by atoms with E-state index in [-0.39, 0.29) is 59.6 Å². The highest BCUT2D eigenvalue weighted by molar-refractivity contribution is 7.13. The Balaban J connectivity index is 0.601. The summed E-state index contributed by atoms with van der Waals surface area (Å²) in [5.41, 5.74) is 1.76. The number of aromatic nitrogens is 3. The Morgan fingerprint density at radius 3 is 2.46 bits per heavy atom. The Kier molecular flexibility index (Phi) is 12.1. The molecule has 8 heterocycles. The van der Waals surface area contributed by atoms with Crippen molar-refractivity contribution >= 4 is 52.0 Å². The van der Waals surface area contributed by atoms with Crippen LogP contribution in [0.2, 0.25) is 0 Å². The van der Waals surface area contributed by atoms with Crippen molar-refractivity contribution in [3.05, 3.63) is 29.3 Å². The van der Waals surface area contributed by atoms with Crippen LogP contribution in [0.25, 0.3) is 0 Å². The van der Waals surface area contributed by atoms with Crippen molar-refractivity contribution in [1.82, 2.24) is 49.4 Å². The lowest BCUT2D eigenvalue weighted by Gasteiger charge is -2.47. The molecule has 10 aliphatic rings. The SMILES string of the molecule is CN1N=C(N2CCC(=O)NC2=O)C2CCC(C3CCN(CC(=O)N4CCN(C5CCC(C6CC(F)C7CN(C(C(=O)Nc8nccs8)c8ncn9c8CCC9)C(=O)C7C6)CC5)CC4)C4(CC4)C3)CC21. The molecule has 0 radical (unpaired) electrons. The molecule has 69 heavy (non-hydrogen) atoms. The minimum Gasteiger partial charge on any atom is -0.339 e. The number of carbonyl (C=O) groups is 5. The van der Waals surface area contributed by atoms with E-state index in [9.17, 15) is 24.0 Å². The molecule has 6 amide bonds. The Hall–Kier alpha value is -4.49. The monoisotopic (exact) mass is 969 g/mol. The number of nitrogens with zero attached hydrogens (tertiary/aromatic N) is 10. The number of nitrogens with one attached hydrogen (secondary N) is 2. The van der Waals surface area contributed by atoms with Crippen LogP contribution in [0.15, 0.2) is 23.0 Å². The molecule has 4 saturated heterocycles. The number of hydrogen-bond acceptors (Lipinski definition) is 12. The standard InChI is InChI=1S/C50H69FN12O5S/c1-57-40-25-31(6-9-35(40)45(56-57)62-17-11-41(64)54-49(62)68)32-10-16-61(50(26-32)12-13-50)28-42(65)59-20-18-58(19-21-59)34-7-4-30(5-8-34)33-23-36-37(38(51)24-33)27-63(47(36)67)44(46(66)55-48-52-14-22-69-48)43-39-3-2-15-60(39)29-53-43/h14,22,29-38,40,44H,2-13,15-21,23-28H2,1H3,(H,52,55,66)(H,54,64,68). The molecule has 19 heteroatoms. The van der Waals surface area contributed by atoms with Gasteiger partial charge in [0, 0.05) is 106 Å². The molecule has 2 N–H and O–H groups in total. The summed E-state index contributed by atoms with van der Waals surface area (Å²) in [6.45, 7) is 6.26. The van der Waals surface area contributed by atoms with Gasteiger partial charge in [-0.2, -0.15) is 5.10 Å². The van der Waals surface area contributed by atoms with Crippen LogP contribution >= 0.6 is 11.3 Å². The molecule has 6 aliphatic heterocycles. The minimum absolute atomic E-state index is 0.113. The Bertz CT molecular complexity index is 2340. The van der Waals surface area contributed by atoms with Gasteiger partial charge in [0.05, 0.1) is 24.6 Å². The van der Waals surface area contributed by atoms with E-state index in [1.807, 2.05) is 7.05 Å². The number of rotatable bonds is 9. The largest absolute Gasteiger partial charge is 0.339 e. The number of likely N-dealkylation sites (tertiary alicyclic amines) is 2. The van der Waals surface area contributed by atoms with Crippen molar-refractivity contribution in [2.24, 2.45) is 46.5 Å². The zero-order valence-corrected chi connectivity index (χ0v) is 40.9. The van der Waals surface area contributed by atoms with Gasteiger partial charge in [-0.25, -0.2) is 19.2 Å². The van der Waals surface area contributed by atoms with Crippen LogP contribution in [0.3, 0.4) is 0 Å². The van der Waals surface area contributed by atoms with Gasteiger partial charge >= 0.3 is 6.03 Å². The molecule has 4 aliphatic carbocycles. The van der Waals surface area contributed by atoms with Crippen LogP contribution in [0.5, 0.6) is 0 Å². The number of alkyl halides is 1. The van der Waals surface area contributed by atoms with E-state index in [1.54, 1.807) is 27.7 Å². The van der Waals surface area contributed by atoms with Gasteiger partial charge in [-0.1, -0.05) is 0 Å². The Morgan fingerprint density at radius 2 is 1.70 bits per heavy atom. The molecule has 9 unspecified atom stereocenters. The van der Waals surface area contributed by atoms with Gasteiger partial charge in [0.25, 0.3) is 5.91 Å². The number of amides is 6. The summed E-state index contributed by atoms with van der Waals surface area (Å²) in [4.78, 5) is 86.2. The third kappa shape index (κ3) is 8.46. The number of hydrogen-bond donors (Lipinski definition) is 2. The van der Waals surface area contributed by atoms with E-state index in [0.29, 0.717) is 67.0 Å². The lowest BCUT2D eigenvalue weighted by Crippen LogP contribution is -2.56. The summed E-state index contributed by atoms with van der Waals surface area (Å²) in [6, 6.07) is -0.516. The van der Waals surface area contributed by atoms with Crippen molar-refractivity contribution in [2.75, 3.05) is 64.7 Å². The lowest BCUT2D eigenvalue weighted by atomic mass is 9.66. The van der Waals surface area contributed by atoms with Crippen LogP contribution in [0, 0.1) is 41.4 Å². The van der Waals surface area contributed by atoms with E-state index in [4.69, 9.17) is 5.10 Å². The number of amidine groups is 1. The number of piperidine rings is 1. The van der Waals surface area contributed by atoms with Crippen LogP contribution in [0.1, 0.15) is 114 Å². The third-order valence-electron chi connectivity index (χ3n) is 19.1. The number of anilines is 1. The van der Waals surface area contributed by atoms with E-state index >= 15 is 4.39 Å². The van der Waals surface area contributed by atoms with Crippen LogP contribution in [0.4, 0.5) is 14.3 Å². The molecule has 4 saturated carbocycles. The number of imide groups is 1. The molecular formula is C50H69FN12O5S. The first kappa shape index (κ1) is 45.6. The maximum atomic E-state index is 16.3. The molecule has 2 aromatic heterocycles. The van der Waals surface area contributed by atoms with Crippen LogP contribution in [-0.2, 0) is 32.1 Å². The molecule has 9 atom stereocenters. The van der Waals surface area contributed by atoms with Gasteiger partial charge in [0.2, 0.25) is 17.7 Å². The van der Waals surface area contributed by atoms with Gasteiger partial charge in [0.1, 0.15) is 12.0 Å². The number of imidazole rings is 1. The smallest absolute Gasteiger partial charge is 0.329 e. The summed E-state index contributed by atoms with van der Waals surface area (Å²) in [7, 11) is 2.03. The molecule has 0 bridgehead atoms. The highest BCUT2D eigenvalue weighted by Crippen LogP contribution is 2.54. The second-order valence-electron chi connectivity index (χ2n) is 22.5. The summed E-state index contributed by atoms with van der Waals surface area (Å²) < 4.78 is 18.4. The topological polar surface area (TPSA) is 172 Å². The summed E-state index contributed by atoms with van der Waals surface area (Å²) in [6.07, 6.45) is 17.6. The number of piperazine rings is 1. The molecule has 1 spiro atoms. The molecule has 17 nitrogen and oxygen atoms in total. The Labute approximate surface area is 407 Å². The van der Waals surface area contributed by atoms with Crippen molar-refractivity contribution in [2.45, 2.75) is 139 Å². The number of thiazole rings is 1. The molecular weight excluding hydrogens is 900 g/mol. The first-order chi connectivity index (χ1) is 33.5. The fourth-order valence-corrected chi connectivity index (χ4v) is 15.7. The van der Waals surface area contributed by atoms with E-state index in [0.717, 1.165) is 121 Å². The molecule has 372 valence electrons. The lowest BCUT2D eigenvalue weighted by molar-refractivity contribution is -0.139. The number of aryl methyl sites for hydroxylation is 1. The van der Waals surface area contributed by atoms with Gasteiger partial charge in [-0.3, -0.25) is 49.5 Å². The summed E-state index contributed by atoms with van der Waals surface area (Å²) >= 11 is 1.33. The molecule has 12 rings (SSSR count). The fraction of sp³-hybridized carbons (Fsp3) is 0.760. The normalized spacial score (nSPS) is 35.2. The summed E-state index contributed by atoms with van der Waals surface area (Å²) in [5.74, 6) is 1.57. The van der Waals surface area contributed by atoms with E-state index in [2.05, 4.69) is 44.9 Å². The zero-order chi connectivity index (χ0) is 47.1. The average Bonchev–Trinajstić information content (AvgIpc) is 3.91. The Morgan fingerprint density at radius 1 is 0.884 bits per heavy atom. The third-order valence-corrected chi connectivity index (χ3v) is 19.8. The van der Waals surface area contributed by atoms with Gasteiger partial charge in [-0.05, 0) is 127 Å². The fourth-order valence-electron chi connectivity index (χ4n) is 15.2. The number of fused-ring (bicyclic) bond motifs is 3. The second kappa shape index (κ2) is 18.3. The number of halogens is 1. The van der Waals surface area contributed by atoms with Gasteiger partial charge < -0.3 is 14.4 Å². The first-order valence-corrected chi connectivity index (χ1v) is 27.3. The highest BCUT2D eigenvalue weighted by atomic mass is 32.1. The summed E-state index contributed by atoms with van der Waals surface area (Å²) in [5, 5.41) is 14.6. The van der Waals surface area contributed by atoms with Crippen molar-refractivity contribution in [1.29, 1.82) is 0 Å². The van der Waals surface area contributed by atoms with E-state index in [1.165, 1.54) is 24.2 Å². The number of hydrazone groups is 1. The molecule has 2 aromatic rings.